The Labute approximate surface area is 216 Å². The Kier molecular flexibility index (Phi) is 7.84. The number of carbonyl (C=O) groups is 2. The number of carboxylic acids is 1. The summed E-state index contributed by atoms with van der Waals surface area (Å²) in [5, 5.41) is 12.6. The minimum Gasteiger partial charge on any atom is -0.480 e. The monoisotopic (exact) mass is 513 g/mol. The van der Waals surface area contributed by atoms with Crippen molar-refractivity contribution in [3.05, 3.63) is 138 Å². The summed E-state index contributed by atoms with van der Waals surface area (Å²) in [6.45, 7) is 0. The molecule has 37 heavy (non-hydrogen) atoms. The van der Waals surface area contributed by atoms with Gasteiger partial charge in [0.25, 0.3) is 0 Å². The number of carboxylic acid groups (broad SMARTS) is 1. The fourth-order valence-corrected chi connectivity index (χ4v) is 5.85. The Morgan fingerprint density at radius 1 is 0.676 bits per heavy atom. The molecule has 0 aromatic heterocycles. The van der Waals surface area contributed by atoms with Crippen molar-refractivity contribution in [2.24, 2.45) is 0 Å². The molecule has 2 N–H and O–H groups in total. The molecule has 6 nitrogen and oxygen atoms in total. The third kappa shape index (κ3) is 5.47. The van der Waals surface area contributed by atoms with E-state index in [0.29, 0.717) is 16.7 Å². The largest absolute Gasteiger partial charge is 0.480 e. The van der Waals surface area contributed by atoms with Gasteiger partial charge < -0.3 is 10.4 Å². The Morgan fingerprint density at radius 3 is 1.43 bits per heavy atom. The molecule has 0 spiro atoms. The number of sulfone groups is 1. The number of rotatable bonds is 10. The Bertz CT molecular complexity index is 1340. The molecule has 0 bridgehead atoms. The molecule has 4 aromatic rings. The maximum Gasteiger partial charge on any atom is 0.326 e. The van der Waals surface area contributed by atoms with Crippen molar-refractivity contribution in [3.8, 4) is 0 Å². The number of amides is 1. The highest BCUT2D eigenvalue weighted by Crippen LogP contribution is 2.39. The zero-order valence-corrected chi connectivity index (χ0v) is 20.8. The molecule has 0 aliphatic heterocycles. The third-order valence-electron chi connectivity index (χ3n) is 6.34. The molecular weight excluding hydrogens is 486 g/mol. The second-order valence-electron chi connectivity index (χ2n) is 8.63. The van der Waals surface area contributed by atoms with Gasteiger partial charge in [-0.15, -0.1) is 0 Å². The van der Waals surface area contributed by atoms with Crippen molar-refractivity contribution in [3.63, 3.8) is 0 Å². The first-order valence-electron chi connectivity index (χ1n) is 11.8. The quantitative estimate of drug-likeness (QED) is 0.305. The van der Waals surface area contributed by atoms with Crippen LogP contribution >= 0.6 is 0 Å². The number of nitrogens with one attached hydrogen (secondary N) is 1. The van der Waals surface area contributed by atoms with Crippen molar-refractivity contribution in [2.45, 2.75) is 22.8 Å². The smallest absolute Gasteiger partial charge is 0.326 e. The van der Waals surface area contributed by atoms with Crippen LogP contribution in [0.15, 0.2) is 126 Å². The highest BCUT2D eigenvalue weighted by atomic mass is 32.2. The number of hydrogen-bond donors (Lipinski definition) is 2. The number of carbonyl (C=O) groups excluding carboxylic acids is 1. The summed E-state index contributed by atoms with van der Waals surface area (Å²) >= 11 is 0. The fourth-order valence-electron chi connectivity index (χ4n) is 4.50. The van der Waals surface area contributed by atoms with E-state index in [1.54, 1.807) is 18.2 Å². The SMILES string of the molecule is O=C(O)[C@@H](CCS(=O)(=O)c1ccccc1)NC(=O)C(c1ccccc1)(c1ccccc1)c1ccccc1. The normalized spacial score (nSPS) is 12.4. The minimum atomic E-state index is -3.73. The zero-order chi connectivity index (χ0) is 26.3. The summed E-state index contributed by atoms with van der Waals surface area (Å²) in [6.07, 6.45) is -0.285. The van der Waals surface area contributed by atoms with Gasteiger partial charge in [-0.05, 0) is 35.2 Å². The van der Waals surface area contributed by atoms with Gasteiger partial charge >= 0.3 is 5.97 Å². The van der Waals surface area contributed by atoms with Gasteiger partial charge in [-0.3, -0.25) is 4.79 Å². The summed E-state index contributed by atoms with van der Waals surface area (Å²) in [7, 11) is -3.73. The van der Waals surface area contributed by atoms with Gasteiger partial charge in [0.1, 0.15) is 11.5 Å². The molecule has 0 aliphatic rings. The van der Waals surface area contributed by atoms with Gasteiger partial charge in [0.15, 0.2) is 9.84 Å². The van der Waals surface area contributed by atoms with Crippen molar-refractivity contribution in [1.29, 1.82) is 0 Å². The van der Waals surface area contributed by atoms with Crippen LogP contribution in [0.4, 0.5) is 0 Å². The maximum atomic E-state index is 14.3. The Morgan fingerprint density at radius 2 is 1.05 bits per heavy atom. The van der Waals surface area contributed by atoms with Gasteiger partial charge in [0.2, 0.25) is 5.91 Å². The lowest BCUT2D eigenvalue weighted by molar-refractivity contribution is -0.142. The minimum absolute atomic E-state index is 0.109. The number of aliphatic carboxylic acids is 1. The molecule has 0 radical (unpaired) electrons. The molecule has 0 saturated heterocycles. The van der Waals surface area contributed by atoms with Crippen LogP contribution < -0.4 is 5.32 Å². The predicted octanol–water partition coefficient (Wildman–Crippen LogP) is 4.45. The first kappa shape index (κ1) is 25.9. The molecule has 4 aromatic carbocycles. The van der Waals surface area contributed by atoms with Crippen LogP contribution in [0.3, 0.4) is 0 Å². The van der Waals surface area contributed by atoms with Crippen molar-refractivity contribution >= 4 is 21.7 Å². The van der Waals surface area contributed by atoms with Gasteiger partial charge in [-0.1, -0.05) is 109 Å². The second kappa shape index (κ2) is 11.2. The molecule has 188 valence electrons. The molecule has 1 amide bonds. The van der Waals surface area contributed by atoms with Gasteiger partial charge in [-0.2, -0.15) is 0 Å². The lowest BCUT2D eigenvalue weighted by Gasteiger charge is -2.35. The Balaban J connectivity index is 1.75. The van der Waals surface area contributed by atoms with Crippen molar-refractivity contribution < 1.29 is 23.1 Å². The van der Waals surface area contributed by atoms with E-state index in [2.05, 4.69) is 5.32 Å². The predicted molar refractivity (Wildman–Crippen MR) is 142 cm³/mol. The van der Waals surface area contributed by atoms with Gasteiger partial charge in [0.05, 0.1) is 10.6 Å². The lowest BCUT2D eigenvalue weighted by atomic mass is 9.68. The van der Waals surface area contributed by atoms with Crippen molar-refractivity contribution in [2.75, 3.05) is 5.75 Å². The number of hydrogen-bond acceptors (Lipinski definition) is 4. The summed E-state index contributed by atoms with van der Waals surface area (Å²) < 4.78 is 25.6. The van der Waals surface area contributed by atoms with Crippen molar-refractivity contribution in [1.82, 2.24) is 5.32 Å². The first-order chi connectivity index (χ1) is 17.9. The highest BCUT2D eigenvalue weighted by Gasteiger charge is 2.45. The average molecular weight is 514 g/mol. The molecule has 1 atom stereocenters. The standard InChI is InChI=1S/C30H27NO5S/c32-28(33)27(21-22-37(35,36)26-19-11-4-12-20-26)31-29(34)30(23-13-5-1-6-14-23,24-15-7-2-8-16-24)25-17-9-3-10-18-25/h1-20,27H,21-22H2,(H,31,34)(H,32,33)/t27-/m1/s1. The van der Waals surface area contributed by atoms with Gasteiger partial charge in [0, 0.05) is 0 Å². The summed E-state index contributed by atoms with van der Waals surface area (Å²) in [5.74, 6) is -2.29. The van der Waals surface area contributed by atoms with E-state index in [9.17, 15) is 23.1 Å². The molecule has 0 aliphatic carbocycles. The molecule has 0 heterocycles. The van der Waals surface area contributed by atoms with Crippen LogP contribution in [0.25, 0.3) is 0 Å². The van der Waals surface area contributed by atoms with Crippen LogP contribution in [-0.2, 0) is 24.8 Å². The van der Waals surface area contributed by atoms with E-state index in [0.717, 1.165) is 0 Å². The average Bonchev–Trinajstić information content (AvgIpc) is 2.93. The topological polar surface area (TPSA) is 101 Å². The summed E-state index contributed by atoms with van der Waals surface area (Å²) in [6, 6.07) is 33.9. The highest BCUT2D eigenvalue weighted by molar-refractivity contribution is 7.91. The molecule has 0 unspecified atom stereocenters. The Hall–Kier alpha value is -4.23. The van der Waals surface area contributed by atoms with Gasteiger partial charge in [-0.25, -0.2) is 13.2 Å². The molecule has 0 saturated carbocycles. The maximum absolute atomic E-state index is 14.3. The molecular formula is C30H27NO5S. The van der Waals surface area contributed by atoms with Crippen LogP contribution in [0, 0.1) is 0 Å². The lowest BCUT2D eigenvalue weighted by Crippen LogP contribution is -2.52. The third-order valence-corrected chi connectivity index (χ3v) is 8.11. The summed E-state index contributed by atoms with van der Waals surface area (Å²) in [5.41, 5.74) is 0.610. The van der Waals surface area contributed by atoms with Crippen LogP contribution in [0.1, 0.15) is 23.1 Å². The zero-order valence-electron chi connectivity index (χ0n) is 20.0. The van der Waals surface area contributed by atoms with E-state index in [4.69, 9.17) is 0 Å². The van der Waals surface area contributed by atoms with E-state index in [1.807, 2.05) is 91.0 Å². The van der Waals surface area contributed by atoms with E-state index in [1.165, 1.54) is 12.1 Å². The van der Waals surface area contributed by atoms with Crippen LogP contribution in [-0.4, -0.2) is 37.2 Å². The molecule has 7 heteroatoms. The molecule has 4 rings (SSSR count). The summed E-state index contributed by atoms with van der Waals surface area (Å²) in [4.78, 5) is 26.6. The van der Waals surface area contributed by atoms with E-state index < -0.39 is 38.9 Å². The van der Waals surface area contributed by atoms with Crippen LogP contribution in [0.5, 0.6) is 0 Å². The second-order valence-corrected chi connectivity index (χ2v) is 10.7. The van der Waals surface area contributed by atoms with Crippen LogP contribution in [0.2, 0.25) is 0 Å². The fraction of sp³-hybridized carbons (Fsp3) is 0.133. The molecule has 0 fully saturated rings. The first-order valence-corrected chi connectivity index (χ1v) is 13.5. The number of benzene rings is 4. The van der Waals surface area contributed by atoms with E-state index >= 15 is 0 Å². The van der Waals surface area contributed by atoms with E-state index in [-0.39, 0.29) is 11.3 Å².